The molecule has 2 aromatic rings. The molecule has 0 aliphatic rings. The summed E-state index contributed by atoms with van der Waals surface area (Å²) in [6.45, 7) is 1.78. The first-order valence-corrected chi connectivity index (χ1v) is 7.03. The summed E-state index contributed by atoms with van der Waals surface area (Å²) < 4.78 is 27.8. The van der Waals surface area contributed by atoms with Crippen LogP contribution in [-0.2, 0) is 0 Å². The number of carbonyl (C=O) groups excluding carboxylic acids is 1. The molecule has 0 aliphatic carbocycles. The van der Waals surface area contributed by atoms with Gasteiger partial charge in [0.15, 0.2) is 0 Å². The highest BCUT2D eigenvalue weighted by Gasteiger charge is 2.14. The van der Waals surface area contributed by atoms with Crippen LogP contribution >= 0.6 is 15.9 Å². The second-order valence-electron chi connectivity index (χ2n) is 4.47. The molecular formula is C15H13BrF2N2O. The van der Waals surface area contributed by atoms with Crippen LogP contribution in [-0.4, -0.2) is 6.03 Å². The number of carbonyl (C=O) groups is 1. The summed E-state index contributed by atoms with van der Waals surface area (Å²) in [7, 11) is 0. The summed E-state index contributed by atoms with van der Waals surface area (Å²) in [5.74, 6) is -1.64. The van der Waals surface area contributed by atoms with Crippen LogP contribution < -0.4 is 10.6 Å². The average molecular weight is 355 g/mol. The number of anilines is 1. The Morgan fingerprint density at radius 3 is 2.38 bits per heavy atom. The predicted molar refractivity (Wildman–Crippen MR) is 81.1 cm³/mol. The number of hydrogen-bond acceptors (Lipinski definition) is 1. The molecule has 6 heteroatoms. The van der Waals surface area contributed by atoms with Crippen LogP contribution in [0.3, 0.4) is 0 Å². The third kappa shape index (κ3) is 4.01. The fourth-order valence-corrected chi connectivity index (χ4v) is 2.24. The molecule has 0 unspecified atom stereocenters. The molecule has 110 valence electrons. The van der Waals surface area contributed by atoms with Crippen molar-refractivity contribution in [3.63, 3.8) is 0 Å². The first-order chi connectivity index (χ1) is 9.97. The van der Waals surface area contributed by atoms with Gasteiger partial charge in [-0.3, -0.25) is 0 Å². The van der Waals surface area contributed by atoms with Crippen molar-refractivity contribution in [2.75, 3.05) is 5.32 Å². The standard InChI is InChI=1S/C15H13BrF2N2O/c1-9(10-4-2-5-11(16)8-10)19-15(21)20-14-12(17)6-3-7-13(14)18/h2-9H,1H3,(H2,19,20,21)/t9-/m0/s1. The largest absolute Gasteiger partial charge is 0.331 e. The Kier molecular flexibility index (Phi) is 4.90. The van der Waals surface area contributed by atoms with E-state index in [0.29, 0.717) is 0 Å². The Labute approximate surface area is 129 Å². The Hall–Kier alpha value is -1.95. The number of amides is 2. The van der Waals surface area contributed by atoms with Crippen molar-refractivity contribution in [3.8, 4) is 0 Å². The normalized spacial score (nSPS) is 11.8. The monoisotopic (exact) mass is 354 g/mol. The molecule has 2 amide bonds. The maximum absolute atomic E-state index is 13.4. The lowest BCUT2D eigenvalue weighted by atomic mass is 10.1. The van der Waals surface area contributed by atoms with E-state index >= 15 is 0 Å². The van der Waals surface area contributed by atoms with Crippen LogP contribution in [0.15, 0.2) is 46.9 Å². The highest BCUT2D eigenvalue weighted by Crippen LogP contribution is 2.20. The maximum Gasteiger partial charge on any atom is 0.319 e. The van der Waals surface area contributed by atoms with Crippen molar-refractivity contribution in [3.05, 3.63) is 64.1 Å². The third-order valence-electron chi connectivity index (χ3n) is 2.90. The molecule has 0 fully saturated rings. The fourth-order valence-electron chi connectivity index (χ4n) is 1.82. The molecule has 0 spiro atoms. The van der Waals surface area contributed by atoms with Gasteiger partial charge in [0, 0.05) is 4.47 Å². The molecule has 0 radical (unpaired) electrons. The molecule has 0 heterocycles. The molecule has 2 aromatic carbocycles. The van der Waals surface area contributed by atoms with E-state index in [1.165, 1.54) is 6.07 Å². The number of para-hydroxylation sites is 1. The van der Waals surface area contributed by atoms with Crippen LogP contribution in [0.4, 0.5) is 19.3 Å². The second-order valence-corrected chi connectivity index (χ2v) is 5.39. The number of urea groups is 1. The Balaban J connectivity index is 2.05. The first kappa shape index (κ1) is 15.4. The molecule has 21 heavy (non-hydrogen) atoms. The number of benzene rings is 2. The van der Waals surface area contributed by atoms with Crippen molar-refractivity contribution in [1.82, 2.24) is 5.32 Å². The van der Waals surface area contributed by atoms with E-state index in [4.69, 9.17) is 0 Å². The third-order valence-corrected chi connectivity index (χ3v) is 3.39. The van der Waals surface area contributed by atoms with Crippen LogP contribution in [0.5, 0.6) is 0 Å². The van der Waals surface area contributed by atoms with Gasteiger partial charge in [-0.1, -0.05) is 34.1 Å². The maximum atomic E-state index is 13.4. The van der Waals surface area contributed by atoms with E-state index < -0.39 is 23.4 Å². The Bertz CT molecular complexity index is 644. The molecule has 2 N–H and O–H groups in total. The second kappa shape index (κ2) is 6.67. The lowest BCUT2D eigenvalue weighted by Gasteiger charge is -2.16. The van der Waals surface area contributed by atoms with Gasteiger partial charge in [0.1, 0.15) is 17.3 Å². The zero-order valence-electron chi connectivity index (χ0n) is 11.2. The predicted octanol–water partition coefficient (Wildman–Crippen LogP) is 4.61. The van der Waals surface area contributed by atoms with Gasteiger partial charge < -0.3 is 10.6 Å². The number of nitrogens with one attached hydrogen (secondary N) is 2. The summed E-state index contributed by atoms with van der Waals surface area (Å²) in [5, 5.41) is 4.80. The van der Waals surface area contributed by atoms with E-state index in [1.54, 1.807) is 6.92 Å². The summed E-state index contributed by atoms with van der Waals surface area (Å²) in [4.78, 5) is 11.8. The molecule has 2 rings (SSSR count). The summed E-state index contributed by atoms with van der Waals surface area (Å²) in [5.41, 5.74) is 0.407. The lowest BCUT2D eigenvalue weighted by molar-refractivity contribution is 0.249. The van der Waals surface area contributed by atoms with Crippen LogP contribution in [0.1, 0.15) is 18.5 Å². The first-order valence-electron chi connectivity index (χ1n) is 6.24. The molecule has 3 nitrogen and oxygen atoms in total. The summed E-state index contributed by atoms with van der Waals surface area (Å²) in [6, 6.07) is 9.82. The molecule has 0 aliphatic heterocycles. The number of halogens is 3. The summed E-state index contributed by atoms with van der Waals surface area (Å²) >= 11 is 3.34. The number of rotatable bonds is 3. The van der Waals surface area contributed by atoms with Gasteiger partial charge in [0.05, 0.1) is 6.04 Å². The van der Waals surface area contributed by atoms with Gasteiger partial charge >= 0.3 is 6.03 Å². The summed E-state index contributed by atoms with van der Waals surface area (Å²) in [6.07, 6.45) is 0. The highest BCUT2D eigenvalue weighted by atomic mass is 79.9. The average Bonchev–Trinajstić information content (AvgIpc) is 2.43. The minimum Gasteiger partial charge on any atom is -0.331 e. The lowest BCUT2D eigenvalue weighted by Crippen LogP contribution is -2.31. The SMILES string of the molecule is C[C@H](NC(=O)Nc1c(F)cccc1F)c1cccc(Br)c1. The topological polar surface area (TPSA) is 41.1 Å². The molecule has 0 aromatic heterocycles. The van der Waals surface area contributed by atoms with Crippen molar-refractivity contribution in [2.24, 2.45) is 0 Å². The van der Waals surface area contributed by atoms with E-state index in [0.717, 1.165) is 22.2 Å². The van der Waals surface area contributed by atoms with E-state index in [-0.39, 0.29) is 6.04 Å². The minimum atomic E-state index is -0.819. The quantitative estimate of drug-likeness (QED) is 0.830. The zero-order valence-corrected chi connectivity index (χ0v) is 12.7. The van der Waals surface area contributed by atoms with Gasteiger partial charge in [-0.2, -0.15) is 0 Å². The van der Waals surface area contributed by atoms with Crippen molar-refractivity contribution >= 4 is 27.6 Å². The van der Waals surface area contributed by atoms with E-state index in [1.807, 2.05) is 24.3 Å². The van der Waals surface area contributed by atoms with Crippen LogP contribution in [0.25, 0.3) is 0 Å². The fraction of sp³-hybridized carbons (Fsp3) is 0.133. The highest BCUT2D eigenvalue weighted by molar-refractivity contribution is 9.10. The van der Waals surface area contributed by atoms with Crippen molar-refractivity contribution < 1.29 is 13.6 Å². The van der Waals surface area contributed by atoms with Crippen molar-refractivity contribution in [2.45, 2.75) is 13.0 Å². The van der Waals surface area contributed by atoms with Crippen LogP contribution in [0, 0.1) is 11.6 Å². The number of hydrogen-bond donors (Lipinski definition) is 2. The Morgan fingerprint density at radius 1 is 1.14 bits per heavy atom. The molecule has 0 saturated carbocycles. The van der Waals surface area contributed by atoms with Gasteiger partial charge in [-0.05, 0) is 36.8 Å². The van der Waals surface area contributed by atoms with Gasteiger partial charge in [-0.15, -0.1) is 0 Å². The smallest absolute Gasteiger partial charge is 0.319 e. The van der Waals surface area contributed by atoms with Gasteiger partial charge in [0.25, 0.3) is 0 Å². The van der Waals surface area contributed by atoms with Crippen LogP contribution in [0.2, 0.25) is 0 Å². The Morgan fingerprint density at radius 2 is 1.76 bits per heavy atom. The molecule has 0 bridgehead atoms. The van der Waals surface area contributed by atoms with E-state index in [9.17, 15) is 13.6 Å². The zero-order chi connectivity index (χ0) is 15.4. The van der Waals surface area contributed by atoms with Gasteiger partial charge in [-0.25, -0.2) is 13.6 Å². The molecule has 0 saturated heterocycles. The van der Waals surface area contributed by atoms with Crippen molar-refractivity contribution in [1.29, 1.82) is 0 Å². The molecule has 1 atom stereocenters. The van der Waals surface area contributed by atoms with E-state index in [2.05, 4.69) is 26.6 Å². The molecular weight excluding hydrogens is 342 g/mol. The minimum absolute atomic E-state index is 0.308. The van der Waals surface area contributed by atoms with Gasteiger partial charge in [0.2, 0.25) is 0 Å².